The van der Waals surface area contributed by atoms with E-state index in [0.717, 1.165) is 16.7 Å². The fraction of sp³-hybridized carbons (Fsp3) is 0.529. The van der Waals surface area contributed by atoms with Crippen LogP contribution in [0.25, 0.3) is 11.2 Å². The Labute approximate surface area is 144 Å². The van der Waals surface area contributed by atoms with Crippen molar-refractivity contribution in [3.63, 3.8) is 0 Å². The second-order valence-corrected chi connectivity index (χ2v) is 6.59. The maximum Gasteiger partial charge on any atom is 0.296 e. The van der Waals surface area contributed by atoms with Gasteiger partial charge in [-0.3, -0.25) is 0 Å². The lowest BCUT2D eigenvalue weighted by Gasteiger charge is -2.15. The van der Waals surface area contributed by atoms with Crippen LogP contribution in [0.3, 0.4) is 0 Å². The molecule has 4 atom stereocenters. The molecule has 2 aromatic heterocycles. The van der Waals surface area contributed by atoms with Crippen LogP contribution in [0, 0.1) is 6.92 Å². The lowest BCUT2D eigenvalue weighted by molar-refractivity contribution is 0.00706. The highest BCUT2D eigenvalue weighted by molar-refractivity contribution is 5.73. The molecule has 8 heteroatoms. The topological polar surface area (TPSA) is 98.7 Å². The van der Waals surface area contributed by atoms with Crippen molar-refractivity contribution in [2.24, 2.45) is 0 Å². The molecule has 2 aromatic rings. The molecule has 0 aromatic carbocycles. The summed E-state index contributed by atoms with van der Waals surface area (Å²) in [7, 11) is 0. The third kappa shape index (κ3) is 3.08. The quantitative estimate of drug-likeness (QED) is 0.782. The van der Waals surface area contributed by atoms with Gasteiger partial charge in [-0.05, 0) is 25.5 Å². The Morgan fingerprint density at radius 3 is 2.96 bits per heavy atom. The third-order valence-electron chi connectivity index (χ3n) is 4.30. The first-order valence-electron chi connectivity index (χ1n) is 8.23. The molecule has 0 bridgehead atoms. The molecule has 4 heterocycles. The number of rotatable bonds is 5. The van der Waals surface area contributed by atoms with Crippen molar-refractivity contribution in [3.05, 3.63) is 23.8 Å². The van der Waals surface area contributed by atoms with Gasteiger partial charge in [0.1, 0.15) is 24.9 Å². The van der Waals surface area contributed by atoms with Crippen molar-refractivity contribution in [1.82, 2.24) is 15.0 Å². The summed E-state index contributed by atoms with van der Waals surface area (Å²) in [6.45, 7) is 8.66. The third-order valence-corrected chi connectivity index (χ3v) is 4.30. The SMILES string of the molecule is C=C(C)COc1nc2nc(O[C@@H]3CO[C@H]4[C@@H]3OC[C@H]4O)[nH]c2cc1C. The number of hydrogen-bond donors (Lipinski definition) is 2. The fourth-order valence-electron chi connectivity index (χ4n) is 3.09. The van der Waals surface area contributed by atoms with E-state index < -0.39 is 6.10 Å². The van der Waals surface area contributed by atoms with E-state index in [1.807, 2.05) is 19.9 Å². The van der Waals surface area contributed by atoms with Gasteiger partial charge in [0.15, 0.2) is 11.8 Å². The van der Waals surface area contributed by atoms with Gasteiger partial charge in [-0.1, -0.05) is 6.58 Å². The number of H-pyrrole nitrogens is 1. The van der Waals surface area contributed by atoms with E-state index in [4.69, 9.17) is 18.9 Å². The summed E-state index contributed by atoms with van der Waals surface area (Å²) in [4.78, 5) is 11.9. The second kappa shape index (κ2) is 6.29. The number of imidazole rings is 1. The van der Waals surface area contributed by atoms with Gasteiger partial charge in [-0.25, -0.2) is 0 Å². The van der Waals surface area contributed by atoms with Gasteiger partial charge >= 0.3 is 0 Å². The summed E-state index contributed by atoms with van der Waals surface area (Å²) >= 11 is 0. The van der Waals surface area contributed by atoms with Crippen LogP contribution < -0.4 is 9.47 Å². The average Bonchev–Trinajstić information content (AvgIpc) is 3.23. The first-order valence-corrected chi connectivity index (χ1v) is 8.23. The monoisotopic (exact) mass is 347 g/mol. The molecule has 25 heavy (non-hydrogen) atoms. The van der Waals surface area contributed by atoms with Crippen molar-refractivity contribution in [2.45, 2.75) is 38.3 Å². The highest BCUT2D eigenvalue weighted by Gasteiger charge is 2.48. The highest BCUT2D eigenvalue weighted by Crippen LogP contribution is 2.30. The minimum atomic E-state index is -0.605. The van der Waals surface area contributed by atoms with Crippen LogP contribution in [0.5, 0.6) is 11.9 Å². The standard InChI is InChI=1S/C17H21N3O5/c1-8(2)5-24-16-9(3)4-10-15(19-16)20-17(18-10)25-12-7-23-13-11(21)6-22-14(12)13/h4,11-14,21H,1,5-7H2,2-3H3,(H,18,19,20)/t11-,12-,13-,14-/m1/s1. The predicted molar refractivity (Wildman–Crippen MR) is 88.8 cm³/mol. The van der Waals surface area contributed by atoms with Crippen LogP contribution in [0.15, 0.2) is 18.2 Å². The smallest absolute Gasteiger partial charge is 0.296 e. The molecule has 0 saturated carbocycles. The van der Waals surface area contributed by atoms with Gasteiger partial charge in [0.25, 0.3) is 6.01 Å². The van der Waals surface area contributed by atoms with Crippen molar-refractivity contribution in [1.29, 1.82) is 0 Å². The van der Waals surface area contributed by atoms with Gasteiger partial charge in [0.05, 0.1) is 18.7 Å². The second-order valence-electron chi connectivity index (χ2n) is 6.59. The molecule has 2 aliphatic rings. The molecule has 8 nitrogen and oxygen atoms in total. The molecule has 0 amide bonds. The maximum atomic E-state index is 9.79. The first-order chi connectivity index (χ1) is 12.0. The molecular formula is C17H21N3O5. The molecule has 2 N–H and O–H groups in total. The predicted octanol–water partition coefficient (Wildman–Crippen LogP) is 1.13. The van der Waals surface area contributed by atoms with Crippen molar-refractivity contribution in [3.8, 4) is 11.9 Å². The molecular weight excluding hydrogens is 326 g/mol. The molecule has 4 rings (SSSR count). The van der Waals surface area contributed by atoms with Gasteiger partial charge in [-0.15, -0.1) is 0 Å². The van der Waals surface area contributed by atoms with Gasteiger partial charge in [0, 0.05) is 5.56 Å². The molecule has 0 unspecified atom stereocenters. The Balaban J connectivity index is 1.52. The summed E-state index contributed by atoms with van der Waals surface area (Å²) < 4.78 is 22.6. The number of ether oxygens (including phenoxy) is 4. The number of fused-ring (bicyclic) bond motifs is 2. The summed E-state index contributed by atoms with van der Waals surface area (Å²) in [5.41, 5.74) is 3.09. The zero-order chi connectivity index (χ0) is 17.6. The molecule has 2 aliphatic heterocycles. The Bertz CT molecular complexity index is 805. The van der Waals surface area contributed by atoms with Crippen molar-refractivity contribution < 1.29 is 24.1 Å². The van der Waals surface area contributed by atoms with E-state index in [1.165, 1.54) is 0 Å². The van der Waals surface area contributed by atoms with Crippen LogP contribution in [0.2, 0.25) is 0 Å². The van der Waals surface area contributed by atoms with E-state index >= 15 is 0 Å². The minimum absolute atomic E-state index is 0.263. The van der Waals surface area contributed by atoms with Crippen LogP contribution in [-0.2, 0) is 9.47 Å². The molecule has 0 aliphatic carbocycles. The van der Waals surface area contributed by atoms with E-state index in [-0.39, 0.29) is 24.9 Å². The van der Waals surface area contributed by atoms with Crippen molar-refractivity contribution in [2.75, 3.05) is 19.8 Å². The summed E-state index contributed by atoms with van der Waals surface area (Å²) in [6, 6.07) is 2.26. The van der Waals surface area contributed by atoms with Crippen LogP contribution in [0.1, 0.15) is 12.5 Å². The van der Waals surface area contributed by atoms with Crippen LogP contribution in [0.4, 0.5) is 0 Å². The lowest BCUT2D eigenvalue weighted by Crippen LogP contribution is -2.34. The highest BCUT2D eigenvalue weighted by atomic mass is 16.6. The molecule has 0 spiro atoms. The van der Waals surface area contributed by atoms with Gasteiger partial charge in [-0.2, -0.15) is 9.97 Å². The zero-order valence-corrected chi connectivity index (χ0v) is 14.2. The van der Waals surface area contributed by atoms with Crippen LogP contribution in [-0.4, -0.2) is 64.3 Å². The van der Waals surface area contributed by atoms with E-state index in [2.05, 4.69) is 21.5 Å². The van der Waals surface area contributed by atoms with E-state index in [9.17, 15) is 5.11 Å². The fourth-order valence-corrected chi connectivity index (χ4v) is 3.09. The number of pyridine rings is 1. The Kier molecular flexibility index (Phi) is 4.10. The van der Waals surface area contributed by atoms with E-state index in [1.54, 1.807) is 0 Å². The normalized spacial score (nSPS) is 28.3. The number of nitrogens with one attached hydrogen (secondary N) is 1. The number of aliphatic hydroxyl groups excluding tert-OH is 1. The Hall–Kier alpha value is -2.16. The molecule has 2 saturated heterocycles. The number of nitrogens with zero attached hydrogens (tertiary/aromatic N) is 2. The van der Waals surface area contributed by atoms with Gasteiger partial charge in [0.2, 0.25) is 5.88 Å². The lowest BCUT2D eigenvalue weighted by atomic mass is 10.1. The van der Waals surface area contributed by atoms with E-state index in [0.29, 0.717) is 30.8 Å². The Morgan fingerprint density at radius 1 is 1.36 bits per heavy atom. The molecule has 0 radical (unpaired) electrons. The summed E-state index contributed by atoms with van der Waals surface area (Å²) in [5.74, 6) is 0.528. The minimum Gasteiger partial charge on any atom is -0.473 e. The van der Waals surface area contributed by atoms with Crippen molar-refractivity contribution >= 4 is 11.2 Å². The average molecular weight is 347 g/mol. The van der Waals surface area contributed by atoms with Crippen LogP contribution >= 0.6 is 0 Å². The largest absolute Gasteiger partial charge is 0.473 e. The number of aromatic amines is 1. The number of hydrogen-bond acceptors (Lipinski definition) is 7. The van der Waals surface area contributed by atoms with Gasteiger partial charge < -0.3 is 29.0 Å². The Morgan fingerprint density at radius 2 is 2.16 bits per heavy atom. The molecule has 2 fully saturated rings. The number of aliphatic hydroxyl groups is 1. The molecule has 134 valence electrons. The summed E-state index contributed by atoms with van der Waals surface area (Å²) in [5, 5.41) is 9.79. The maximum absolute atomic E-state index is 9.79. The summed E-state index contributed by atoms with van der Waals surface area (Å²) in [6.07, 6.45) is -1.54. The first kappa shape index (κ1) is 16.3. The number of aromatic nitrogens is 3. The number of aryl methyl sites for hydroxylation is 1. The zero-order valence-electron chi connectivity index (χ0n) is 14.2.